The van der Waals surface area contributed by atoms with Crippen LogP contribution in [0.5, 0.6) is 0 Å². The molecule has 0 aliphatic rings. The van der Waals surface area contributed by atoms with Gasteiger partial charge in [0.2, 0.25) is 0 Å². The summed E-state index contributed by atoms with van der Waals surface area (Å²) in [6.45, 7) is 0. The van der Waals surface area contributed by atoms with Crippen molar-refractivity contribution < 1.29 is 4.79 Å². The molecule has 1 aromatic heterocycles. The zero-order valence-electron chi connectivity index (χ0n) is 7.28. The van der Waals surface area contributed by atoms with Crippen molar-refractivity contribution in [2.75, 3.05) is 12.0 Å². The second kappa shape index (κ2) is 4.30. The van der Waals surface area contributed by atoms with Crippen LogP contribution in [0.25, 0.3) is 0 Å². The van der Waals surface area contributed by atoms with E-state index in [1.807, 2.05) is 13.3 Å². The number of carbonyl (C=O) groups is 1. The lowest BCUT2D eigenvalue weighted by atomic mass is 10.2. The van der Waals surface area contributed by atoms with Gasteiger partial charge >= 0.3 is 0 Å². The lowest BCUT2D eigenvalue weighted by Crippen LogP contribution is -2.02. The Kier molecular flexibility index (Phi) is 3.34. The van der Waals surface area contributed by atoms with Crippen LogP contribution >= 0.6 is 11.8 Å². The Labute approximate surface area is 76.1 Å². The molecule has 4 heteroatoms. The van der Waals surface area contributed by atoms with Gasteiger partial charge in [-0.3, -0.25) is 9.48 Å². The first-order chi connectivity index (χ1) is 5.74. The van der Waals surface area contributed by atoms with Gasteiger partial charge in [-0.2, -0.15) is 16.9 Å². The predicted molar refractivity (Wildman–Crippen MR) is 50.5 cm³/mol. The lowest BCUT2D eigenvalue weighted by Gasteiger charge is -1.93. The summed E-state index contributed by atoms with van der Waals surface area (Å²) in [5.74, 6) is 1.00. The van der Waals surface area contributed by atoms with Gasteiger partial charge in [0.05, 0.1) is 0 Å². The number of rotatable bonds is 4. The van der Waals surface area contributed by atoms with E-state index < -0.39 is 0 Å². The summed E-state index contributed by atoms with van der Waals surface area (Å²) in [4.78, 5) is 11.3. The minimum Gasteiger partial charge on any atom is -0.292 e. The molecule has 0 atom stereocenters. The van der Waals surface area contributed by atoms with Gasteiger partial charge in [0.15, 0.2) is 5.78 Å². The van der Waals surface area contributed by atoms with E-state index in [9.17, 15) is 4.79 Å². The maximum Gasteiger partial charge on any atom is 0.183 e. The summed E-state index contributed by atoms with van der Waals surface area (Å²) in [5, 5.41) is 4.02. The van der Waals surface area contributed by atoms with Crippen molar-refractivity contribution in [1.82, 2.24) is 9.78 Å². The molecule has 12 heavy (non-hydrogen) atoms. The van der Waals surface area contributed by atoms with Crippen molar-refractivity contribution in [3.05, 3.63) is 18.0 Å². The number of Topliss-reactive ketones (excluding diaryl/α,β-unsaturated/α-hetero) is 1. The molecule has 1 heterocycles. The molecule has 1 rings (SSSR count). The smallest absolute Gasteiger partial charge is 0.183 e. The number of nitrogens with zero attached hydrogens (tertiary/aromatic N) is 2. The van der Waals surface area contributed by atoms with Gasteiger partial charge < -0.3 is 0 Å². The molecule has 0 amide bonds. The molecule has 66 valence electrons. The number of aromatic nitrogens is 2. The molecule has 0 saturated carbocycles. The Bertz CT molecular complexity index is 270. The normalized spacial score (nSPS) is 10.2. The van der Waals surface area contributed by atoms with Crippen molar-refractivity contribution in [1.29, 1.82) is 0 Å². The van der Waals surface area contributed by atoms with E-state index in [1.165, 1.54) is 0 Å². The van der Waals surface area contributed by atoms with Crippen molar-refractivity contribution >= 4 is 17.5 Å². The molecule has 0 saturated heterocycles. The highest BCUT2D eigenvalue weighted by molar-refractivity contribution is 7.98. The largest absolute Gasteiger partial charge is 0.292 e. The van der Waals surface area contributed by atoms with Crippen molar-refractivity contribution in [2.45, 2.75) is 6.42 Å². The van der Waals surface area contributed by atoms with E-state index in [4.69, 9.17) is 0 Å². The first kappa shape index (κ1) is 9.32. The van der Waals surface area contributed by atoms with Crippen LogP contribution in [-0.4, -0.2) is 27.6 Å². The summed E-state index contributed by atoms with van der Waals surface area (Å²) in [5.41, 5.74) is 0.576. The molecule has 0 fully saturated rings. The number of aryl methyl sites for hydroxylation is 1. The van der Waals surface area contributed by atoms with Gasteiger partial charge in [0.25, 0.3) is 0 Å². The standard InChI is InChI=1S/C8H12N2OS/c1-10-5-3-7(9-10)8(11)4-6-12-2/h3,5H,4,6H2,1-2H3. The molecular formula is C8H12N2OS. The topological polar surface area (TPSA) is 34.9 Å². The zero-order chi connectivity index (χ0) is 8.97. The molecule has 0 aliphatic carbocycles. The van der Waals surface area contributed by atoms with E-state index in [0.29, 0.717) is 12.1 Å². The highest BCUT2D eigenvalue weighted by atomic mass is 32.2. The van der Waals surface area contributed by atoms with Crippen LogP contribution in [0.1, 0.15) is 16.9 Å². The van der Waals surface area contributed by atoms with Crippen molar-refractivity contribution in [2.24, 2.45) is 7.05 Å². The number of hydrogen-bond acceptors (Lipinski definition) is 3. The average molecular weight is 184 g/mol. The minimum atomic E-state index is 0.130. The lowest BCUT2D eigenvalue weighted by molar-refractivity contribution is 0.0984. The van der Waals surface area contributed by atoms with E-state index in [1.54, 1.807) is 28.7 Å². The zero-order valence-corrected chi connectivity index (χ0v) is 8.10. The highest BCUT2D eigenvalue weighted by Crippen LogP contribution is 2.03. The Morgan fingerprint density at radius 2 is 2.50 bits per heavy atom. The molecule has 0 radical (unpaired) electrons. The third-order valence-corrected chi connectivity index (χ3v) is 2.14. The van der Waals surface area contributed by atoms with Crippen LogP contribution in [-0.2, 0) is 7.05 Å². The van der Waals surface area contributed by atoms with E-state index in [0.717, 1.165) is 5.75 Å². The van der Waals surface area contributed by atoms with Gasteiger partial charge in [0.1, 0.15) is 5.69 Å². The summed E-state index contributed by atoms with van der Waals surface area (Å²) in [6, 6.07) is 1.75. The monoisotopic (exact) mass is 184 g/mol. The third-order valence-electron chi connectivity index (χ3n) is 1.53. The van der Waals surface area contributed by atoms with Gasteiger partial charge in [-0.25, -0.2) is 0 Å². The summed E-state index contributed by atoms with van der Waals surface area (Å²) < 4.78 is 1.65. The summed E-state index contributed by atoms with van der Waals surface area (Å²) in [7, 11) is 1.81. The van der Waals surface area contributed by atoms with Crippen LogP contribution in [0.3, 0.4) is 0 Å². The highest BCUT2D eigenvalue weighted by Gasteiger charge is 2.07. The maximum atomic E-state index is 11.3. The number of thioether (sulfide) groups is 1. The van der Waals surface area contributed by atoms with Crippen LogP contribution in [0, 0.1) is 0 Å². The fraction of sp³-hybridized carbons (Fsp3) is 0.500. The maximum absolute atomic E-state index is 11.3. The SMILES string of the molecule is CSCCC(=O)c1ccn(C)n1. The average Bonchev–Trinajstić information content (AvgIpc) is 2.47. The Hall–Kier alpha value is -0.770. The Morgan fingerprint density at radius 3 is 3.00 bits per heavy atom. The Morgan fingerprint density at radius 1 is 1.75 bits per heavy atom. The van der Waals surface area contributed by atoms with Gasteiger partial charge in [-0.05, 0) is 12.3 Å². The summed E-state index contributed by atoms with van der Waals surface area (Å²) in [6.07, 6.45) is 4.36. The van der Waals surface area contributed by atoms with Crippen LogP contribution in [0.2, 0.25) is 0 Å². The summed E-state index contributed by atoms with van der Waals surface area (Å²) >= 11 is 1.68. The van der Waals surface area contributed by atoms with Gasteiger partial charge in [-0.15, -0.1) is 0 Å². The fourth-order valence-electron chi connectivity index (χ4n) is 0.887. The molecular weight excluding hydrogens is 172 g/mol. The van der Waals surface area contributed by atoms with Crippen molar-refractivity contribution in [3.63, 3.8) is 0 Å². The Balaban J connectivity index is 2.53. The second-order valence-electron chi connectivity index (χ2n) is 2.54. The fourth-order valence-corrected chi connectivity index (χ4v) is 1.28. The van der Waals surface area contributed by atoms with Crippen molar-refractivity contribution in [3.8, 4) is 0 Å². The number of hydrogen-bond donors (Lipinski definition) is 0. The van der Waals surface area contributed by atoms with E-state index >= 15 is 0 Å². The molecule has 0 aromatic carbocycles. The minimum absolute atomic E-state index is 0.130. The van der Waals surface area contributed by atoms with E-state index in [2.05, 4.69) is 5.10 Å². The number of carbonyl (C=O) groups excluding carboxylic acids is 1. The molecule has 0 unspecified atom stereocenters. The molecule has 3 nitrogen and oxygen atoms in total. The number of ketones is 1. The molecule has 1 aromatic rings. The second-order valence-corrected chi connectivity index (χ2v) is 3.53. The van der Waals surface area contributed by atoms with Crippen LogP contribution < -0.4 is 0 Å². The predicted octanol–water partition coefficient (Wildman–Crippen LogP) is 1.36. The third kappa shape index (κ3) is 2.37. The van der Waals surface area contributed by atoms with Crippen LogP contribution in [0.15, 0.2) is 12.3 Å². The molecule has 0 aliphatic heterocycles. The quantitative estimate of drug-likeness (QED) is 0.663. The molecule has 0 N–H and O–H groups in total. The van der Waals surface area contributed by atoms with Crippen LogP contribution in [0.4, 0.5) is 0 Å². The first-order valence-corrected chi connectivity index (χ1v) is 5.15. The van der Waals surface area contributed by atoms with E-state index in [-0.39, 0.29) is 5.78 Å². The van der Waals surface area contributed by atoms with Gasteiger partial charge in [0, 0.05) is 25.4 Å². The van der Waals surface area contributed by atoms with Gasteiger partial charge in [-0.1, -0.05) is 0 Å². The first-order valence-electron chi connectivity index (χ1n) is 3.76. The molecule has 0 spiro atoms. The molecule has 0 bridgehead atoms.